The summed E-state index contributed by atoms with van der Waals surface area (Å²) in [6, 6.07) is 9.56. The minimum atomic E-state index is -0.299. The SMILES string of the molecule is CC(C)(C)C(=O)CC(N)c1ccccc1. The van der Waals surface area contributed by atoms with Gasteiger partial charge in [-0.25, -0.2) is 0 Å². The lowest BCUT2D eigenvalue weighted by Gasteiger charge is -2.19. The Morgan fingerprint density at radius 3 is 2.27 bits per heavy atom. The number of carbonyl (C=O) groups excluding carboxylic acids is 1. The van der Waals surface area contributed by atoms with Crippen LogP contribution in [-0.4, -0.2) is 5.78 Å². The first-order valence-corrected chi connectivity index (χ1v) is 5.25. The molecule has 0 heterocycles. The van der Waals surface area contributed by atoms with Crippen molar-refractivity contribution in [3.8, 4) is 0 Å². The molecule has 0 saturated carbocycles. The van der Waals surface area contributed by atoms with Crippen LogP contribution < -0.4 is 5.73 Å². The predicted molar refractivity (Wildman–Crippen MR) is 62.4 cm³/mol. The number of hydrogen-bond donors (Lipinski definition) is 1. The number of carbonyl (C=O) groups is 1. The minimum Gasteiger partial charge on any atom is -0.324 e. The molecule has 82 valence electrons. The molecule has 0 bridgehead atoms. The maximum atomic E-state index is 11.8. The van der Waals surface area contributed by atoms with E-state index in [1.54, 1.807) is 0 Å². The highest BCUT2D eigenvalue weighted by molar-refractivity contribution is 5.84. The molecular formula is C13H19NO. The Labute approximate surface area is 91.5 Å². The van der Waals surface area contributed by atoms with Gasteiger partial charge >= 0.3 is 0 Å². The molecule has 0 spiro atoms. The summed E-state index contributed by atoms with van der Waals surface area (Å²) in [7, 11) is 0. The van der Waals surface area contributed by atoms with Crippen LogP contribution in [0.2, 0.25) is 0 Å². The maximum absolute atomic E-state index is 11.8. The van der Waals surface area contributed by atoms with Crippen LogP contribution in [0, 0.1) is 5.41 Å². The standard InChI is InChI=1S/C13H19NO/c1-13(2,3)12(15)9-11(14)10-7-5-4-6-8-10/h4-8,11H,9,14H2,1-3H3. The summed E-state index contributed by atoms with van der Waals surface area (Å²) >= 11 is 0. The molecule has 0 aliphatic heterocycles. The third-order valence-corrected chi connectivity index (χ3v) is 2.47. The number of rotatable bonds is 3. The minimum absolute atomic E-state index is 0.182. The second-order valence-corrected chi connectivity index (χ2v) is 4.89. The van der Waals surface area contributed by atoms with Crippen LogP contribution in [0.3, 0.4) is 0 Å². The first kappa shape index (κ1) is 11.9. The van der Waals surface area contributed by atoms with Crippen molar-refractivity contribution in [2.24, 2.45) is 11.1 Å². The zero-order valence-corrected chi connectivity index (χ0v) is 9.66. The Kier molecular flexibility index (Phi) is 3.64. The number of Topliss-reactive ketones (excluding diaryl/α,β-unsaturated/α-hetero) is 1. The van der Waals surface area contributed by atoms with Crippen molar-refractivity contribution in [1.82, 2.24) is 0 Å². The summed E-state index contributed by atoms with van der Waals surface area (Å²) in [6.07, 6.45) is 0.410. The van der Waals surface area contributed by atoms with Crippen LogP contribution in [-0.2, 0) is 4.79 Å². The van der Waals surface area contributed by atoms with Gasteiger partial charge in [-0.1, -0.05) is 51.1 Å². The van der Waals surface area contributed by atoms with Crippen molar-refractivity contribution in [3.05, 3.63) is 35.9 Å². The molecular weight excluding hydrogens is 186 g/mol. The van der Waals surface area contributed by atoms with Crippen LogP contribution >= 0.6 is 0 Å². The van der Waals surface area contributed by atoms with Crippen molar-refractivity contribution in [3.63, 3.8) is 0 Å². The number of benzene rings is 1. The summed E-state index contributed by atoms with van der Waals surface area (Å²) in [5, 5.41) is 0. The van der Waals surface area contributed by atoms with Gasteiger partial charge in [0.1, 0.15) is 5.78 Å². The molecule has 0 amide bonds. The van der Waals surface area contributed by atoms with E-state index in [-0.39, 0.29) is 17.2 Å². The average molecular weight is 205 g/mol. The number of ketones is 1. The fourth-order valence-electron chi connectivity index (χ4n) is 1.32. The molecule has 2 N–H and O–H groups in total. The monoisotopic (exact) mass is 205 g/mol. The van der Waals surface area contributed by atoms with Crippen LogP contribution in [0.15, 0.2) is 30.3 Å². The van der Waals surface area contributed by atoms with Gasteiger partial charge in [-0.05, 0) is 5.56 Å². The van der Waals surface area contributed by atoms with Gasteiger partial charge < -0.3 is 5.73 Å². The highest BCUT2D eigenvalue weighted by Gasteiger charge is 2.23. The molecule has 0 fully saturated rings. The van der Waals surface area contributed by atoms with E-state index in [9.17, 15) is 4.79 Å². The lowest BCUT2D eigenvalue weighted by molar-refractivity contribution is -0.126. The Balaban J connectivity index is 2.65. The fraction of sp³-hybridized carbons (Fsp3) is 0.462. The molecule has 0 radical (unpaired) electrons. The molecule has 0 saturated heterocycles. The Morgan fingerprint density at radius 1 is 1.27 bits per heavy atom. The normalized spacial score (nSPS) is 13.6. The van der Waals surface area contributed by atoms with Gasteiger partial charge in [-0.3, -0.25) is 4.79 Å². The van der Waals surface area contributed by atoms with E-state index in [1.165, 1.54) is 0 Å². The van der Waals surface area contributed by atoms with Gasteiger partial charge in [0, 0.05) is 17.9 Å². The lowest BCUT2D eigenvalue weighted by Crippen LogP contribution is -2.25. The van der Waals surface area contributed by atoms with E-state index in [0.29, 0.717) is 6.42 Å². The molecule has 1 rings (SSSR count). The summed E-state index contributed by atoms with van der Waals surface area (Å²) in [5.41, 5.74) is 6.70. The van der Waals surface area contributed by atoms with Crippen molar-refractivity contribution < 1.29 is 4.79 Å². The lowest BCUT2D eigenvalue weighted by atomic mass is 9.86. The topological polar surface area (TPSA) is 43.1 Å². The Morgan fingerprint density at radius 2 is 1.80 bits per heavy atom. The van der Waals surface area contributed by atoms with Gasteiger partial charge in [0.25, 0.3) is 0 Å². The molecule has 2 nitrogen and oxygen atoms in total. The summed E-state index contributed by atoms with van der Waals surface area (Å²) in [6.45, 7) is 5.77. The van der Waals surface area contributed by atoms with E-state index >= 15 is 0 Å². The number of hydrogen-bond acceptors (Lipinski definition) is 2. The van der Waals surface area contributed by atoms with Crippen LogP contribution in [0.25, 0.3) is 0 Å². The largest absolute Gasteiger partial charge is 0.324 e. The average Bonchev–Trinajstić information content (AvgIpc) is 2.17. The van der Waals surface area contributed by atoms with Crippen LogP contribution in [0.5, 0.6) is 0 Å². The quantitative estimate of drug-likeness (QED) is 0.824. The van der Waals surface area contributed by atoms with Crippen molar-refractivity contribution in [1.29, 1.82) is 0 Å². The summed E-state index contributed by atoms with van der Waals surface area (Å²) in [5.74, 6) is 0.207. The van der Waals surface area contributed by atoms with Crippen LogP contribution in [0.4, 0.5) is 0 Å². The van der Waals surface area contributed by atoms with E-state index in [2.05, 4.69) is 0 Å². The van der Waals surface area contributed by atoms with E-state index < -0.39 is 0 Å². The highest BCUT2D eigenvalue weighted by atomic mass is 16.1. The highest BCUT2D eigenvalue weighted by Crippen LogP contribution is 2.22. The van der Waals surface area contributed by atoms with Crippen molar-refractivity contribution in [2.45, 2.75) is 33.2 Å². The van der Waals surface area contributed by atoms with Gasteiger partial charge in [0.15, 0.2) is 0 Å². The van der Waals surface area contributed by atoms with Gasteiger partial charge in [-0.2, -0.15) is 0 Å². The molecule has 1 aromatic rings. The first-order chi connectivity index (χ1) is 6.91. The Bertz CT molecular complexity index is 324. The zero-order chi connectivity index (χ0) is 11.5. The first-order valence-electron chi connectivity index (χ1n) is 5.25. The number of nitrogens with two attached hydrogens (primary N) is 1. The van der Waals surface area contributed by atoms with Gasteiger partial charge in [0.2, 0.25) is 0 Å². The van der Waals surface area contributed by atoms with Crippen molar-refractivity contribution >= 4 is 5.78 Å². The maximum Gasteiger partial charge on any atom is 0.140 e. The van der Waals surface area contributed by atoms with E-state index in [0.717, 1.165) is 5.56 Å². The summed E-state index contributed by atoms with van der Waals surface area (Å²) in [4.78, 5) is 11.8. The molecule has 1 unspecified atom stereocenters. The van der Waals surface area contributed by atoms with E-state index in [4.69, 9.17) is 5.73 Å². The van der Waals surface area contributed by atoms with E-state index in [1.807, 2.05) is 51.1 Å². The molecule has 1 atom stereocenters. The van der Waals surface area contributed by atoms with Crippen molar-refractivity contribution in [2.75, 3.05) is 0 Å². The van der Waals surface area contributed by atoms with Gasteiger partial charge in [-0.15, -0.1) is 0 Å². The third kappa shape index (κ3) is 3.48. The third-order valence-electron chi connectivity index (χ3n) is 2.47. The molecule has 15 heavy (non-hydrogen) atoms. The molecule has 2 heteroatoms. The molecule has 1 aromatic carbocycles. The second kappa shape index (κ2) is 4.58. The second-order valence-electron chi connectivity index (χ2n) is 4.89. The molecule has 0 aromatic heterocycles. The van der Waals surface area contributed by atoms with Crippen LogP contribution in [0.1, 0.15) is 38.8 Å². The smallest absolute Gasteiger partial charge is 0.140 e. The molecule has 0 aliphatic carbocycles. The molecule has 0 aliphatic rings. The summed E-state index contributed by atoms with van der Waals surface area (Å²) < 4.78 is 0. The predicted octanol–water partition coefficient (Wildman–Crippen LogP) is 2.69. The fourth-order valence-corrected chi connectivity index (χ4v) is 1.32. The van der Waals surface area contributed by atoms with Gasteiger partial charge in [0.05, 0.1) is 0 Å². The zero-order valence-electron chi connectivity index (χ0n) is 9.66. The Hall–Kier alpha value is -1.15.